The zero-order valence-corrected chi connectivity index (χ0v) is 13.9. The van der Waals surface area contributed by atoms with Crippen LogP contribution in [0.15, 0.2) is 12.1 Å². The van der Waals surface area contributed by atoms with Crippen LogP contribution in [0.5, 0.6) is 0 Å². The number of fused-ring (bicyclic) bond motifs is 1. The van der Waals surface area contributed by atoms with Crippen molar-refractivity contribution < 1.29 is 5.11 Å². The first kappa shape index (κ1) is 14.6. The van der Waals surface area contributed by atoms with Crippen LogP contribution >= 0.6 is 0 Å². The van der Waals surface area contributed by atoms with Crippen LogP contribution in [-0.2, 0) is 0 Å². The second-order valence-electron chi connectivity index (χ2n) is 7.77. The number of nitrogens with zero attached hydrogens (tertiary/aromatic N) is 5. The number of nitrogens with one attached hydrogen (secondary N) is 1. The molecule has 2 saturated carbocycles. The summed E-state index contributed by atoms with van der Waals surface area (Å²) in [6, 6.07) is 4.06. The summed E-state index contributed by atoms with van der Waals surface area (Å²) in [7, 11) is 0. The van der Waals surface area contributed by atoms with Gasteiger partial charge in [0.05, 0.1) is 5.60 Å². The zero-order valence-electron chi connectivity index (χ0n) is 13.9. The Morgan fingerprint density at radius 1 is 1.21 bits per heavy atom. The van der Waals surface area contributed by atoms with E-state index in [2.05, 4.69) is 20.4 Å². The third-order valence-corrected chi connectivity index (χ3v) is 5.67. The number of rotatable bonds is 6. The lowest BCUT2D eigenvalue weighted by atomic mass is 9.80. The maximum absolute atomic E-state index is 10.1. The molecule has 1 saturated heterocycles. The van der Waals surface area contributed by atoms with E-state index in [1.165, 1.54) is 12.8 Å². The van der Waals surface area contributed by atoms with Crippen LogP contribution in [0.1, 0.15) is 43.8 Å². The van der Waals surface area contributed by atoms with E-state index in [9.17, 15) is 5.11 Å². The van der Waals surface area contributed by atoms with Gasteiger partial charge in [0.15, 0.2) is 11.5 Å². The van der Waals surface area contributed by atoms with Crippen LogP contribution in [0, 0.1) is 5.92 Å². The Hall–Kier alpha value is -1.73. The van der Waals surface area contributed by atoms with Crippen molar-refractivity contribution in [3.8, 4) is 0 Å². The van der Waals surface area contributed by atoms with Gasteiger partial charge in [-0.1, -0.05) is 0 Å². The summed E-state index contributed by atoms with van der Waals surface area (Å²) in [5, 5.41) is 26.8. The molecule has 5 rings (SSSR count). The fourth-order valence-electron chi connectivity index (χ4n) is 3.72. The summed E-state index contributed by atoms with van der Waals surface area (Å²) < 4.78 is 1.92. The van der Waals surface area contributed by atoms with Crippen LogP contribution in [0.4, 0.5) is 5.82 Å². The molecule has 128 valence electrons. The predicted octanol–water partition coefficient (Wildman–Crippen LogP) is 0.942. The van der Waals surface area contributed by atoms with Gasteiger partial charge in [-0.3, -0.25) is 0 Å². The van der Waals surface area contributed by atoms with Gasteiger partial charge in [-0.25, -0.2) is 0 Å². The fourth-order valence-corrected chi connectivity index (χ4v) is 3.72. The minimum atomic E-state index is -0.427. The van der Waals surface area contributed by atoms with Gasteiger partial charge in [0.1, 0.15) is 5.82 Å². The Balaban J connectivity index is 1.18. The average Bonchev–Trinajstić information content (AvgIpc) is 3.27. The molecule has 0 spiro atoms. The molecule has 2 N–H and O–H groups in total. The minimum absolute atomic E-state index is 0.427. The van der Waals surface area contributed by atoms with Gasteiger partial charge in [-0.05, 0) is 44.2 Å². The monoisotopic (exact) mass is 328 g/mol. The third kappa shape index (κ3) is 2.56. The number of hydrogen-bond donors (Lipinski definition) is 2. The number of aromatic nitrogens is 4. The first-order valence-corrected chi connectivity index (χ1v) is 9.11. The van der Waals surface area contributed by atoms with E-state index in [0.717, 1.165) is 62.7 Å². The Kier molecular flexibility index (Phi) is 3.28. The van der Waals surface area contributed by atoms with Crippen LogP contribution < -0.4 is 10.2 Å². The summed E-state index contributed by atoms with van der Waals surface area (Å²) in [5.74, 6) is 3.21. The molecule has 2 aromatic rings. The first-order chi connectivity index (χ1) is 11.7. The van der Waals surface area contributed by atoms with E-state index in [4.69, 9.17) is 5.10 Å². The Labute approximate surface area is 141 Å². The lowest BCUT2D eigenvalue weighted by Gasteiger charge is -2.41. The Morgan fingerprint density at radius 2 is 2.04 bits per heavy atom. The number of aliphatic hydroxyl groups is 1. The maximum Gasteiger partial charge on any atom is 0.178 e. The normalized spacial score (nSPS) is 23.3. The van der Waals surface area contributed by atoms with Crippen molar-refractivity contribution in [3.05, 3.63) is 18.0 Å². The Morgan fingerprint density at radius 3 is 2.75 bits per heavy atom. The predicted molar refractivity (Wildman–Crippen MR) is 90.1 cm³/mol. The second-order valence-corrected chi connectivity index (χ2v) is 7.77. The quantitative estimate of drug-likeness (QED) is 0.822. The minimum Gasteiger partial charge on any atom is -0.389 e. The number of hydrogen-bond acceptors (Lipinski definition) is 6. The van der Waals surface area contributed by atoms with Gasteiger partial charge in [-0.15, -0.1) is 15.3 Å². The van der Waals surface area contributed by atoms with Gasteiger partial charge < -0.3 is 15.3 Å². The van der Waals surface area contributed by atoms with E-state index in [1.54, 1.807) is 0 Å². The number of anilines is 1. The fraction of sp³-hybridized carbons (Fsp3) is 0.706. The summed E-state index contributed by atoms with van der Waals surface area (Å²) in [4.78, 5) is 2.31. The summed E-state index contributed by atoms with van der Waals surface area (Å²) in [5.41, 5.74) is 0.414. The SMILES string of the molecule is OC1(CNCC2CN(c3ccc4nnc(C5CC5)n4n3)C2)CCC1. The van der Waals surface area contributed by atoms with Gasteiger partial charge in [-0.2, -0.15) is 4.52 Å². The highest BCUT2D eigenvalue weighted by Crippen LogP contribution is 2.39. The Bertz CT molecular complexity index is 745. The zero-order chi connectivity index (χ0) is 16.1. The maximum atomic E-state index is 10.1. The lowest BCUT2D eigenvalue weighted by molar-refractivity contribution is -0.0318. The molecule has 0 amide bonds. The lowest BCUT2D eigenvalue weighted by Crippen LogP contribution is -2.54. The highest BCUT2D eigenvalue weighted by Gasteiger charge is 2.35. The molecule has 0 aromatic carbocycles. The molecule has 3 fully saturated rings. The molecule has 3 heterocycles. The van der Waals surface area contributed by atoms with E-state index < -0.39 is 5.60 Å². The summed E-state index contributed by atoms with van der Waals surface area (Å²) in [6.45, 7) is 3.75. The highest BCUT2D eigenvalue weighted by molar-refractivity contribution is 5.47. The van der Waals surface area contributed by atoms with Crippen molar-refractivity contribution in [1.82, 2.24) is 25.1 Å². The smallest absolute Gasteiger partial charge is 0.178 e. The third-order valence-electron chi connectivity index (χ3n) is 5.67. The molecule has 2 aliphatic carbocycles. The highest BCUT2D eigenvalue weighted by atomic mass is 16.3. The van der Waals surface area contributed by atoms with Gasteiger partial charge in [0.25, 0.3) is 0 Å². The van der Waals surface area contributed by atoms with Crippen LogP contribution in [0.2, 0.25) is 0 Å². The first-order valence-electron chi connectivity index (χ1n) is 9.11. The average molecular weight is 328 g/mol. The topological polar surface area (TPSA) is 78.6 Å². The van der Waals surface area contributed by atoms with Gasteiger partial charge >= 0.3 is 0 Å². The molecule has 0 radical (unpaired) electrons. The van der Waals surface area contributed by atoms with E-state index in [-0.39, 0.29) is 0 Å². The molecular formula is C17H24N6O. The van der Waals surface area contributed by atoms with Crippen molar-refractivity contribution in [2.45, 2.75) is 43.6 Å². The van der Waals surface area contributed by atoms with Crippen LogP contribution in [-0.4, -0.2) is 56.7 Å². The van der Waals surface area contributed by atoms with Crippen molar-refractivity contribution in [3.63, 3.8) is 0 Å². The molecule has 0 atom stereocenters. The molecule has 2 aromatic heterocycles. The molecular weight excluding hydrogens is 304 g/mol. The molecule has 0 bridgehead atoms. The van der Waals surface area contributed by atoms with E-state index in [0.29, 0.717) is 11.8 Å². The van der Waals surface area contributed by atoms with Crippen molar-refractivity contribution in [2.24, 2.45) is 5.92 Å². The standard InChI is InChI=1S/C17H24N6O/c24-17(6-1-7-17)11-18-8-12-9-22(10-12)15-5-4-14-19-20-16(13-2-3-13)23(14)21-15/h4-5,12-13,18,24H,1-3,6-11H2. The van der Waals surface area contributed by atoms with Gasteiger partial charge in [0.2, 0.25) is 0 Å². The molecule has 7 heteroatoms. The van der Waals surface area contributed by atoms with Crippen molar-refractivity contribution in [1.29, 1.82) is 0 Å². The van der Waals surface area contributed by atoms with Crippen LogP contribution in [0.3, 0.4) is 0 Å². The largest absolute Gasteiger partial charge is 0.389 e. The van der Waals surface area contributed by atoms with Crippen molar-refractivity contribution in [2.75, 3.05) is 31.1 Å². The van der Waals surface area contributed by atoms with Crippen LogP contribution in [0.25, 0.3) is 5.65 Å². The van der Waals surface area contributed by atoms with E-state index >= 15 is 0 Å². The second kappa shape index (κ2) is 5.39. The summed E-state index contributed by atoms with van der Waals surface area (Å²) >= 11 is 0. The summed E-state index contributed by atoms with van der Waals surface area (Å²) in [6.07, 6.45) is 5.47. The van der Waals surface area contributed by atoms with Crippen molar-refractivity contribution >= 4 is 11.5 Å². The molecule has 24 heavy (non-hydrogen) atoms. The molecule has 3 aliphatic rings. The molecule has 7 nitrogen and oxygen atoms in total. The molecule has 1 aliphatic heterocycles. The van der Waals surface area contributed by atoms with E-state index in [1.807, 2.05) is 16.6 Å². The van der Waals surface area contributed by atoms with Gasteiger partial charge in [0, 0.05) is 38.0 Å². The molecule has 0 unspecified atom stereocenters.